The van der Waals surface area contributed by atoms with Gasteiger partial charge in [0.2, 0.25) is 0 Å². The maximum atomic E-state index is 12.8. The van der Waals surface area contributed by atoms with E-state index in [1.165, 1.54) is 0 Å². The van der Waals surface area contributed by atoms with Crippen LogP contribution in [0.25, 0.3) is 11.1 Å². The van der Waals surface area contributed by atoms with Crippen LogP contribution in [0.1, 0.15) is 15.9 Å². The molecule has 118 valence electrons. The van der Waals surface area contributed by atoms with Crippen LogP contribution in [0.2, 0.25) is 0 Å². The van der Waals surface area contributed by atoms with E-state index < -0.39 is 0 Å². The van der Waals surface area contributed by atoms with Crippen LogP contribution in [0, 0.1) is 0 Å². The lowest BCUT2D eigenvalue weighted by Crippen LogP contribution is -2.23. The van der Waals surface area contributed by atoms with Crippen LogP contribution < -0.4 is 9.64 Å². The molecule has 0 aromatic heterocycles. The zero-order valence-electron chi connectivity index (χ0n) is 13.4. The second-order valence-corrected chi connectivity index (χ2v) is 5.77. The first-order valence-electron chi connectivity index (χ1n) is 7.92. The fraction of sp³-hybridized carbons (Fsp3) is 0.0952. The summed E-state index contributed by atoms with van der Waals surface area (Å²) >= 11 is 0. The number of hydrogen-bond donors (Lipinski definition) is 0. The third-order valence-electron chi connectivity index (χ3n) is 4.41. The van der Waals surface area contributed by atoms with Gasteiger partial charge in [-0.3, -0.25) is 4.79 Å². The van der Waals surface area contributed by atoms with E-state index in [-0.39, 0.29) is 5.91 Å². The number of methoxy groups -OCH3 is 1. The molecule has 1 aliphatic rings. The largest absolute Gasteiger partial charge is 0.496 e. The van der Waals surface area contributed by atoms with Crippen molar-refractivity contribution in [3.63, 3.8) is 0 Å². The average molecular weight is 315 g/mol. The third-order valence-corrected chi connectivity index (χ3v) is 4.41. The van der Waals surface area contributed by atoms with E-state index in [1.54, 1.807) is 7.11 Å². The summed E-state index contributed by atoms with van der Waals surface area (Å²) in [7, 11) is 1.66. The quantitative estimate of drug-likeness (QED) is 0.711. The molecule has 0 bridgehead atoms. The highest BCUT2D eigenvalue weighted by Gasteiger charge is 2.29. The highest BCUT2D eigenvalue weighted by molar-refractivity contribution is 6.11. The Morgan fingerprint density at radius 2 is 1.42 bits per heavy atom. The van der Waals surface area contributed by atoms with Crippen molar-refractivity contribution >= 4 is 11.6 Å². The van der Waals surface area contributed by atoms with Gasteiger partial charge >= 0.3 is 0 Å². The molecule has 1 aliphatic heterocycles. The van der Waals surface area contributed by atoms with E-state index in [0.29, 0.717) is 6.54 Å². The Morgan fingerprint density at radius 3 is 2.17 bits per heavy atom. The Kier molecular flexibility index (Phi) is 3.54. The molecule has 4 rings (SSSR count). The molecule has 0 radical (unpaired) electrons. The summed E-state index contributed by atoms with van der Waals surface area (Å²) in [5.74, 6) is 0.849. The molecule has 1 heterocycles. The zero-order chi connectivity index (χ0) is 16.5. The third kappa shape index (κ3) is 2.26. The number of carbonyl (C=O) groups excluding carboxylic acids is 1. The molecule has 3 aromatic carbocycles. The van der Waals surface area contributed by atoms with E-state index >= 15 is 0 Å². The Hall–Kier alpha value is -3.07. The summed E-state index contributed by atoms with van der Waals surface area (Å²) in [6, 6.07) is 23.6. The van der Waals surface area contributed by atoms with E-state index in [2.05, 4.69) is 0 Å². The summed E-state index contributed by atoms with van der Waals surface area (Å²) in [6.45, 7) is 0.598. The number of anilines is 1. The number of nitrogens with zero attached hydrogens (tertiary/aromatic N) is 1. The number of amides is 1. The van der Waals surface area contributed by atoms with Crippen LogP contribution in [-0.4, -0.2) is 13.0 Å². The van der Waals surface area contributed by atoms with Gasteiger partial charge in [-0.25, -0.2) is 0 Å². The van der Waals surface area contributed by atoms with E-state index in [4.69, 9.17) is 4.74 Å². The second kappa shape index (κ2) is 5.85. The molecule has 3 nitrogen and oxygen atoms in total. The van der Waals surface area contributed by atoms with E-state index in [0.717, 1.165) is 33.7 Å². The Bertz CT molecular complexity index is 917. The van der Waals surface area contributed by atoms with Crippen LogP contribution >= 0.6 is 0 Å². The number of carbonyl (C=O) groups is 1. The summed E-state index contributed by atoms with van der Waals surface area (Å²) < 4.78 is 5.50. The van der Waals surface area contributed by atoms with Gasteiger partial charge < -0.3 is 9.64 Å². The monoisotopic (exact) mass is 315 g/mol. The molecule has 0 atom stereocenters. The van der Waals surface area contributed by atoms with E-state index in [1.807, 2.05) is 77.7 Å². The molecule has 24 heavy (non-hydrogen) atoms. The molecule has 3 aromatic rings. The molecular weight excluding hydrogens is 298 g/mol. The predicted molar refractivity (Wildman–Crippen MR) is 95.4 cm³/mol. The minimum absolute atomic E-state index is 0.0490. The summed E-state index contributed by atoms with van der Waals surface area (Å²) in [4.78, 5) is 14.7. The Morgan fingerprint density at radius 1 is 0.792 bits per heavy atom. The van der Waals surface area contributed by atoms with Gasteiger partial charge in [-0.2, -0.15) is 0 Å². The van der Waals surface area contributed by atoms with Gasteiger partial charge in [0.05, 0.1) is 19.3 Å². The number of ether oxygens (including phenoxy) is 1. The maximum Gasteiger partial charge on any atom is 0.258 e. The van der Waals surface area contributed by atoms with Crippen LogP contribution in [0.4, 0.5) is 5.69 Å². The second-order valence-electron chi connectivity index (χ2n) is 5.77. The van der Waals surface area contributed by atoms with Crippen LogP contribution in [0.3, 0.4) is 0 Å². The van der Waals surface area contributed by atoms with Crippen molar-refractivity contribution in [2.45, 2.75) is 6.54 Å². The average Bonchev–Trinajstić information content (AvgIpc) is 2.98. The maximum absolute atomic E-state index is 12.8. The Balaban J connectivity index is 1.83. The fourth-order valence-corrected chi connectivity index (χ4v) is 3.25. The fourth-order valence-electron chi connectivity index (χ4n) is 3.25. The first kappa shape index (κ1) is 14.5. The number of benzene rings is 3. The highest BCUT2D eigenvalue weighted by Crippen LogP contribution is 2.39. The van der Waals surface area contributed by atoms with Crippen molar-refractivity contribution in [3.8, 4) is 16.9 Å². The van der Waals surface area contributed by atoms with Gasteiger partial charge in [0.1, 0.15) is 5.75 Å². The number of rotatable bonds is 3. The molecule has 0 aliphatic carbocycles. The predicted octanol–water partition coefficient (Wildman–Crippen LogP) is 4.52. The lowest BCUT2D eigenvalue weighted by Gasteiger charge is -2.21. The number of hydrogen-bond acceptors (Lipinski definition) is 2. The molecular formula is C21H17NO2. The van der Waals surface area contributed by atoms with Crippen molar-refractivity contribution in [3.05, 3.63) is 83.9 Å². The molecule has 0 spiro atoms. The van der Waals surface area contributed by atoms with Crippen molar-refractivity contribution in [2.24, 2.45) is 0 Å². The minimum atomic E-state index is 0.0490. The molecule has 0 saturated heterocycles. The van der Waals surface area contributed by atoms with E-state index in [9.17, 15) is 4.79 Å². The zero-order valence-corrected chi connectivity index (χ0v) is 13.4. The summed E-state index contributed by atoms with van der Waals surface area (Å²) in [6.07, 6.45) is 0. The van der Waals surface area contributed by atoms with Crippen LogP contribution in [0.15, 0.2) is 72.8 Å². The van der Waals surface area contributed by atoms with Gasteiger partial charge in [0, 0.05) is 16.7 Å². The normalized spacial score (nSPS) is 13.0. The molecule has 0 N–H and O–H groups in total. The SMILES string of the molecule is COc1ccccc1-c1ccccc1N1Cc2ccccc2C1=O. The standard InChI is InChI=1S/C21H17NO2/c1-24-20-13-7-5-11-18(20)17-10-4-6-12-19(17)22-14-15-8-2-3-9-16(15)21(22)23/h2-13H,14H2,1H3. The van der Waals surface area contributed by atoms with Crippen molar-refractivity contribution < 1.29 is 9.53 Å². The van der Waals surface area contributed by atoms with Gasteiger partial charge in [-0.05, 0) is 23.8 Å². The highest BCUT2D eigenvalue weighted by atomic mass is 16.5. The lowest BCUT2D eigenvalue weighted by molar-refractivity contribution is 0.0996. The molecule has 1 amide bonds. The Labute approximate surface area is 141 Å². The van der Waals surface area contributed by atoms with Gasteiger partial charge in [-0.15, -0.1) is 0 Å². The minimum Gasteiger partial charge on any atom is -0.496 e. The van der Waals surface area contributed by atoms with Crippen molar-refractivity contribution in [1.82, 2.24) is 0 Å². The first-order valence-corrected chi connectivity index (χ1v) is 7.92. The lowest BCUT2D eigenvalue weighted by atomic mass is 10.0. The van der Waals surface area contributed by atoms with Crippen LogP contribution in [-0.2, 0) is 6.54 Å². The van der Waals surface area contributed by atoms with Gasteiger partial charge in [0.15, 0.2) is 0 Å². The summed E-state index contributed by atoms with van der Waals surface area (Å²) in [5, 5.41) is 0. The summed E-state index contributed by atoms with van der Waals surface area (Å²) in [5.41, 5.74) is 4.74. The van der Waals surface area contributed by atoms with Crippen molar-refractivity contribution in [1.29, 1.82) is 0 Å². The molecule has 0 unspecified atom stereocenters. The molecule has 3 heteroatoms. The number of para-hydroxylation sites is 2. The number of fused-ring (bicyclic) bond motifs is 1. The molecule has 0 saturated carbocycles. The van der Waals surface area contributed by atoms with Gasteiger partial charge in [0.25, 0.3) is 5.91 Å². The van der Waals surface area contributed by atoms with Gasteiger partial charge in [-0.1, -0.05) is 54.6 Å². The first-order chi connectivity index (χ1) is 11.8. The smallest absolute Gasteiger partial charge is 0.258 e. The van der Waals surface area contributed by atoms with Crippen LogP contribution in [0.5, 0.6) is 5.75 Å². The topological polar surface area (TPSA) is 29.5 Å². The van der Waals surface area contributed by atoms with Crippen molar-refractivity contribution in [2.75, 3.05) is 12.0 Å². The molecule has 0 fully saturated rings.